The first-order valence-corrected chi connectivity index (χ1v) is 11.6. The van der Waals surface area contributed by atoms with Gasteiger partial charge in [0.1, 0.15) is 16.5 Å². The van der Waals surface area contributed by atoms with Gasteiger partial charge in [0, 0.05) is 60.9 Å². The molecule has 1 aliphatic heterocycles. The second kappa shape index (κ2) is 11.9. The average Bonchev–Trinajstić information content (AvgIpc) is 3.26. The molecule has 0 unspecified atom stereocenters. The summed E-state index contributed by atoms with van der Waals surface area (Å²) in [5, 5.41) is 10.2. The maximum Gasteiger partial charge on any atom is 0.191 e. The number of nitrogens with zero attached hydrogens (tertiary/aromatic N) is 3. The molecule has 0 spiro atoms. The highest BCUT2D eigenvalue weighted by Gasteiger charge is 2.22. The van der Waals surface area contributed by atoms with Crippen LogP contribution in [-0.2, 0) is 12.0 Å². The molecule has 0 saturated carbocycles. The third kappa shape index (κ3) is 7.13. The van der Waals surface area contributed by atoms with Gasteiger partial charge in [-0.15, -0.1) is 35.3 Å². The van der Waals surface area contributed by atoms with Gasteiger partial charge in [-0.1, -0.05) is 20.8 Å². The van der Waals surface area contributed by atoms with E-state index in [0.717, 1.165) is 59.8 Å². The summed E-state index contributed by atoms with van der Waals surface area (Å²) in [6, 6.07) is 6.42. The van der Waals surface area contributed by atoms with E-state index >= 15 is 0 Å². The maximum absolute atomic E-state index is 5.41. The second-order valence-electron chi connectivity index (χ2n) is 8.78. The molecule has 1 aromatic carbocycles. The lowest BCUT2D eigenvalue weighted by atomic mass is 9.93. The van der Waals surface area contributed by atoms with Gasteiger partial charge in [-0.3, -0.25) is 4.99 Å². The summed E-state index contributed by atoms with van der Waals surface area (Å²) in [7, 11) is 5.18. The molecular weight excluding hydrogens is 537 g/mol. The first kappa shape index (κ1) is 26.5. The topological polar surface area (TPSA) is 71.0 Å². The number of aromatic nitrogens is 1. The fraction of sp³-hybridized carbons (Fsp3) is 0.565. The predicted molar refractivity (Wildman–Crippen MR) is 144 cm³/mol. The van der Waals surface area contributed by atoms with E-state index in [1.807, 2.05) is 13.1 Å². The summed E-state index contributed by atoms with van der Waals surface area (Å²) in [6.45, 7) is 9.18. The highest BCUT2D eigenvalue weighted by atomic mass is 127. The number of guanidine groups is 1. The van der Waals surface area contributed by atoms with Crippen LogP contribution < -0.4 is 25.0 Å². The normalized spacial score (nSPS) is 15.2. The lowest BCUT2D eigenvalue weighted by Gasteiger charge is -2.34. The Hall–Kier alpha value is -1.75. The van der Waals surface area contributed by atoms with Crippen molar-refractivity contribution in [3.63, 3.8) is 0 Å². The molecule has 0 bridgehead atoms. The second-order valence-corrected chi connectivity index (χ2v) is 9.72. The number of hydrogen-bond donors (Lipinski definition) is 2. The zero-order valence-electron chi connectivity index (χ0n) is 19.9. The molecule has 0 aliphatic carbocycles. The smallest absolute Gasteiger partial charge is 0.191 e. The molecule has 1 aliphatic rings. The van der Waals surface area contributed by atoms with Gasteiger partial charge in [-0.2, -0.15) is 0 Å². The van der Waals surface area contributed by atoms with Crippen molar-refractivity contribution in [2.24, 2.45) is 4.99 Å². The van der Waals surface area contributed by atoms with Crippen LogP contribution in [0.15, 0.2) is 28.6 Å². The molecule has 1 aromatic heterocycles. The largest absolute Gasteiger partial charge is 0.497 e. The van der Waals surface area contributed by atoms with E-state index in [4.69, 9.17) is 14.5 Å². The first-order valence-electron chi connectivity index (χ1n) is 10.7. The van der Waals surface area contributed by atoms with Crippen LogP contribution in [0.4, 0.5) is 5.69 Å². The fourth-order valence-corrected chi connectivity index (χ4v) is 4.50. The fourth-order valence-electron chi connectivity index (χ4n) is 3.54. The molecule has 2 N–H and O–H groups in total. The van der Waals surface area contributed by atoms with Crippen LogP contribution in [0.25, 0.3) is 0 Å². The van der Waals surface area contributed by atoms with Crippen LogP contribution in [0.1, 0.15) is 44.3 Å². The summed E-state index contributed by atoms with van der Waals surface area (Å²) in [5.74, 6) is 2.46. The number of anilines is 1. The molecule has 0 radical (unpaired) electrons. The van der Waals surface area contributed by atoms with Crippen LogP contribution in [-0.4, -0.2) is 51.3 Å². The Kier molecular flexibility index (Phi) is 9.87. The highest BCUT2D eigenvalue weighted by molar-refractivity contribution is 14.0. The Morgan fingerprint density at radius 1 is 1.16 bits per heavy atom. The first-order chi connectivity index (χ1) is 14.8. The van der Waals surface area contributed by atoms with E-state index in [2.05, 4.69) is 58.8 Å². The van der Waals surface area contributed by atoms with Gasteiger partial charge < -0.3 is 25.0 Å². The van der Waals surface area contributed by atoms with Gasteiger partial charge in [-0.05, 0) is 12.8 Å². The predicted octanol–water partition coefficient (Wildman–Crippen LogP) is 4.41. The molecule has 7 nitrogen and oxygen atoms in total. The van der Waals surface area contributed by atoms with Crippen LogP contribution in [0.5, 0.6) is 11.5 Å². The van der Waals surface area contributed by atoms with E-state index in [9.17, 15) is 0 Å². The van der Waals surface area contributed by atoms with Crippen LogP contribution in [0, 0.1) is 0 Å². The average molecular weight is 574 g/mol. The Morgan fingerprint density at radius 2 is 1.78 bits per heavy atom. The van der Waals surface area contributed by atoms with Gasteiger partial charge in [0.05, 0.1) is 26.5 Å². The molecule has 0 atom stereocenters. The molecule has 32 heavy (non-hydrogen) atoms. The van der Waals surface area contributed by atoms with Crippen molar-refractivity contribution >= 4 is 47.0 Å². The van der Waals surface area contributed by atoms with E-state index in [0.29, 0.717) is 12.6 Å². The van der Waals surface area contributed by atoms with Crippen molar-refractivity contribution in [2.75, 3.05) is 39.3 Å². The summed E-state index contributed by atoms with van der Waals surface area (Å²) in [5.41, 5.74) is 2.35. The minimum Gasteiger partial charge on any atom is -0.497 e. The minimum atomic E-state index is 0. The van der Waals surface area contributed by atoms with Crippen molar-refractivity contribution in [1.29, 1.82) is 0 Å². The third-order valence-corrected chi connectivity index (χ3v) is 6.34. The molecule has 1 fully saturated rings. The Bertz CT molecular complexity index is 867. The molecule has 0 amide bonds. The maximum atomic E-state index is 5.41. The number of nitrogens with one attached hydrogen (secondary N) is 2. The van der Waals surface area contributed by atoms with Crippen LogP contribution in [0.3, 0.4) is 0 Å². The number of hydrogen-bond acceptors (Lipinski definition) is 6. The zero-order chi connectivity index (χ0) is 22.4. The van der Waals surface area contributed by atoms with Crippen molar-refractivity contribution < 1.29 is 9.47 Å². The summed E-state index contributed by atoms with van der Waals surface area (Å²) < 4.78 is 10.8. The van der Waals surface area contributed by atoms with Gasteiger partial charge >= 0.3 is 0 Å². The lowest BCUT2D eigenvalue weighted by molar-refractivity contribution is 0.393. The van der Waals surface area contributed by atoms with Gasteiger partial charge in [0.2, 0.25) is 0 Å². The monoisotopic (exact) mass is 573 g/mol. The summed E-state index contributed by atoms with van der Waals surface area (Å²) >= 11 is 1.70. The molecule has 3 rings (SSSR count). The van der Waals surface area contributed by atoms with Gasteiger partial charge in [-0.25, -0.2) is 4.98 Å². The molecular formula is C23H36IN5O2S. The summed E-state index contributed by atoms with van der Waals surface area (Å²) in [4.78, 5) is 11.5. The number of methoxy groups -OCH3 is 2. The highest BCUT2D eigenvalue weighted by Crippen LogP contribution is 2.30. The number of piperidine rings is 1. The number of thiazole rings is 1. The standard InChI is InChI=1S/C23H35N5O2S.HI/c1-23(2,3)20-15-31-21(27-20)14-25-22(24-4)26-16-7-9-28(10-8-16)17-11-18(29-5)13-19(12-17)30-6;/h11-13,15-16H,7-10,14H2,1-6H3,(H2,24,25,26);1H. The Labute approximate surface area is 213 Å². The van der Waals surface area contributed by atoms with E-state index in [1.54, 1.807) is 25.6 Å². The van der Waals surface area contributed by atoms with Gasteiger partial charge in [0.25, 0.3) is 0 Å². The van der Waals surface area contributed by atoms with E-state index in [1.165, 1.54) is 0 Å². The molecule has 9 heteroatoms. The number of rotatable bonds is 6. The molecule has 2 heterocycles. The Balaban J connectivity index is 0.00000363. The Morgan fingerprint density at radius 3 is 2.28 bits per heavy atom. The molecule has 1 saturated heterocycles. The SMILES string of the molecule is CN=C(NCc1nc(C(C)(C)C)cs1)NC1CCN(c2cc(OC)cc(OC)c2)CC1.I. The summed E-state index contributed by atoms with van der Waals surface area (Å²) in [6.07, 6.45) is 2.07. The number of aliphatic imine (C=N–C) groups is 1. The van der Waals surface area contributed by atoms with Gasteiger partial charge in [0.15, 0.2) is 5.96 Å². The van der Waals surface area contributed by atoms with Crippen molar-refractivity contribution in [3.8, 4) is 11.5 Å². The van der Waals surface area contributed by atoms with Crippen LogP contribution in [0.2, 0.25) is 0 Å². The van der Waals surface area contributed by atoms with E-state index in [-0.39, 0.29) is 29.4 Å². The number of benzene rings is 1. The quantitative estimate of drug-likeness (QED) is 0.303. The van der Waals surface area contributed by atoms with Crippen molar-refractivity contribution in [2.45, 2.75) is 51.6 Å². The third-order valence-electron chi connectivity index (χ3n) is 5.49. The van der Waals surface area contributed by atoms with Crippen molar-refractivity contribution in [3.05, 3.63) is 34.3 Å². The molecule has 178 valence electrons. The zero-order valence-corrected chi connectivity index (χ0v) is 23.0. The number of halogens is 1. The number of ether oxygens (including phenoxy) is 2. The van der Waals surface area contributed by atoms with E-state index < -0.39 is 0 Å². The lowest BCUT2D eigenvalue weighted by Crippen LogP contribution is -2.48. The van der Waals surface area contributed by atoms with Crippen LogP contribution >= 0.6 is 35.3 Å². The minimum absolute atomic E-state index is 0. The molecule has 2 aromatic rings. The van der Waals surface area contributed by atoms with Crippen molar-refractivity contribution in [1.82, 2.24) is 15.6 Å².